The standard InChI is InChI=1S/C12H11F2NO2/c1-3-8-4-10(7(2)16)9(6-15)5-11(8)17-12(13)14/h4-5,12H,3H2,1-2H3. The molecule has 0 fully saturated rings. The predicted molar refractivity (Wildman–Crippen MR) is 57.2 cm³/mol. The Hall–Kier alpha value is -1.96. The molecule has 0 radical (unpaired) electrons. The van der Waals surface area contributed by atoms with Crippen LogP contribution in [0.4, 0.5) is 8.78 Å². The van der Waals surface area contributed by atoms with Gasteiger partial charge in [-0.25, -0.2) is 0 Å². The zero-order valence-corrected chi connectivity index (χ0v) is 9.46. The third kappa shape index (κ3) is 3.00. The number of carbonyl (C=O) groups excluding carboxylic acids is 1. The zero-order valence-electron chi connectivity index (χ0n) is 9.46. The van der Waals surface area contributed by atoms with Gasteiger partial charge in [0.25, 0.3) is 0 Å². The number of hydrogen-bond acceptors (Lipinski definition) is 3. The molecule has 0 saturated heterocycles. The Balaban J connectivity index is 3.34. The van der Waals surface area contributed by atoms with Gasteiger partial charge in [-0.3, -0.25) is 4.79 Å². The van der Waals surface area contributed by atoms with E-state index >= 15 is 0 Å². The summed E-state index contributed by atoms with van der Waals surface area (Å²) in [4.78, 5) is 11.3. The lowest BCUT2D eigenvalue weighted by Crippen LogP contribution is -2.07. The van der Waals surface area contributed by atoms with E-state index in [1.165, 1.54) is 19.1 Å². The largest absolute Gasteiger partial charge is 0.434 e. The highest BCUT2D eigenvalue weighted by Crippen LogP contribution is 2.26. The second kappa shape index (κ2) is 5.39. The summed E-state index contributed by atoms with van der Waals surface area (Å²) >= 11 is 0. The molecule has 0 heterocycles. The van der Waals surface area contributed by atoms with Crippen molar-refractivity contribution < 1.29 is 18.3 Å². The van der Waals surface area contributed by atoms with Crippen LogP contribution in [0.15, 0.2) is 12.1 Å². The van der Waals surface area contributed by atoms with E-state index in [9.17, 15) is 13.6 Å². The van der Waals surface area contributed by atoms with Gasteiger partial charge in [0.15, 0.2) is 5.78 Å². The molecule has 1 aromatic carbocycles. The van der Waals surface area contributed by atoms with E-state index < -0.39 is 6.61 Å². The Morgan fingerprint density at radius 2 is 2.18 bits per heavy atom. The van der Waals surface area contributed by atoms with Crippen molar-refractivity contribution in [3.8, 4) is 11.8 Å². The summed E-state index contributed by atoms with van der Waals surface area (Å²) in [5.41, 5.74) is 0.755. The average Bonchev–Trinajstić information content (AvgIpc) is 2.27. The van der Waals surface area contributed by atoms with E-state index in [0.717, 1.165) is 0 Å². The van der Waals surface area contributed by atoms with Gasteiger partial charge in [-0.05, 0) is 31.0 Å². The molecule has 5 heteroatoms. The number of Topliss-reactive ketones (excluding diaryl/α,β-unsaturated/α-hetero) is 1. The number of nitriles is 1. The van der Waals surface area contributed by atoms with Crippen molar-refractivity contribution in [2.75, 3.05) is 0 Å². The molecule has 17 heavy (non-hydrogen) atoms. The van der Waals surface area contributed by atoms with Gasteiger partial charge in [0.1, 0.15) is 11.8 Å². The second-order valence-electron chi connectivity index (χ2n) is 3.41. The molecule has 0 amide bonds. The maximum Gasteiger partial charge on any atom is 0.387 e. The average molecular weight is 239 g/mol. The number of hydrogen-bond donors (Lipinski definition) is 0. The van der Waals surface area contributed by atoms with Gasteiger partial charge >= 0.3 is 6.61 Å². The topological polar surface area (TPSA) is 50.1 Å². The molecule has 0 bridgehead atoms. The number of ketones is 1. The summed E-state index contributed by atoms with van der Waals surface area (Å²) in [6, 6.07) is 4.41. The summed E-state index contributed by atoms with van der Waals surface area (Å²) < 4.78 is 28.6. The highest BCUT2D eigenvalue weighted by Gasteiger charge is 2.15. The Kier molecular flexibility index (Phi) is 4.16. The maximum absolute atomic E-state index is 12.2. The Labute approximate surface area is 97.6 Å². The number of alkyl halides is 2. The van der Waals surface area contributed by atoms with Crippen LogP contribution in [0.1, 0.15) is 35.3 Å². The van der Waals surface area contributed by atoms with Crippen LogP contribution in [0.3, 0.4) is 0 Å². The fourth-order valence-corrected chi connectivity index (χ4v) is 1.49. The molecule has 0 aromatic heterocycles. The summed E-state index contributed by atoms with van der Waals surface area (Å²) in [5, 5.41) is 8.84. The molecule has 0 spiro atoms. The van der Waals surface area contributed by atoms with E-state index in [4.69, 9.17) is 5.26 Å². The van der Waals surface area contributed by atoms with Crippen LogP contribution in [0.5, 0.6) is 5.75 Å². The van der Waals surface area contributed by atoms with Gasteiger partial charge in [0, 0.05) is 5.56 Å². The van der Waals surface area contributed by atoms with Crippen molar-refractivity contribution in [2.45, 2.75) is 26.9 Å². The van der Waals surface area contributed by atoms with E-state index in [2.05, 4.69) is 4.74 Å². The zero-order chi connectivity index (χ0) is 13.0. The molecule has 3 nitrogen and oxygen atoms in total. The van der Waals surface area contributed by atoms with Crippen molar-refractivity contribution in [3.63, 3.8) is 0 Å². The van der Waals surface area contributed by atoms with Crippen molar-refractivity contribution in [2.24, 2.45) is 0 Å². The number of nitrogens with zero attached hydrogens (tertiary/aromatic N) is 1. The minimum atomic E-state index is -2.95. The molecule has 1 rings (SSSR count). The van der Waals surface area contributed by atoms with Crippen LogP contribution < -0.4 is 4.74 Å². The lowest BCUT2D eigenvalue weighted by Gasteiger charge is -2.11. The number of halogens is 2. The van der Waals surface area contributed by atoms with Crippen molar-refractivity contribution in [1.29, 1.82) is 5.26 Å². The van der Waals surface area contributed by atoms with Crippen LogP contribution >= 0.6 is 0 Å². The van der Waals surface area contributed by atoms with Crippen molar-refractivity contribution in [3.05, 3.63) is 28.8 Å². The SMILES string of the molecule is CCc1cc(C(C)=O)c(C#N)cc1OC(F)F. The van der Waals surface area contributed by atoms with Gasteiger partial charge in [-0.2, -0.15) is 14.0 Å². The van der Waals surface area contributed by atoms with Crippen LogP contribution in [0.25, 0.3) is 0 Å². The van der Waals surface area contributed by atoms with Crippen LogP contribution in [-0.4, -0.2) is 12.4 Å². The summed E-state index contributed by atoms with van der Waals surface area (Å²) in [7, 11) is 0. The number of carbonyl (C=O) groups is 1. The van der Waals surface area contributed by atoms with Crippen LogP contribution in [0, 0.1) is 11.3 Å². The second-order valence-corrected chi connectivity index (χ2v) is 3.41. The number of benzene rings is 1. The molecule has 0 aliphatic carbocycles. The molecule has 1 aromatic rings. The molecular weight excluding hydrogens is 228 g/mol. The quantitative estimate of drug-likeness (QED) is 0.759. The molecule has 0 N–H and O–H groups in total. The molecular formula is C12H11F2NO2. The monoisotopic (exact) mass is 239 g/mol. The van der Waals surface area contributed by atoms with E-state index in [1.807, 2.05) is 0 Å². The number of ether oxygens (including phenoxy) is 1. The van der Waals surface area contributed by atoms with Gasteiger partial charge in [0.05, 0.1) is 5.56 Å². The lowest BCUT2D eigenvalue weighted by atomic mass is 9.99. The van der Waals surface area contributed by atoms with E-state index in [-0.39, 0.29) is 22.7 Å². The summed E-state index contributed by atoms with van der Waals surface area (Å²) in [6.07, 6.45) is 0.439. The highest BCUT2D eigenvalue weighted by molar-refractivity contribution is 5.97. The molecule has 0 aliphatic heterocycles. The molecule has 0 saturated carbocycles. The minimum absolute atomic E-state index is 0.0466. The predicted octanol–water partition coefficient (Wildman–Crippen LogP) is 2.92. The Morgan fingerprint density at radius 3 is 2.59 bits per heavy atom. The minimum Gasteiger partial charge on any atom is -0.434 e. The normalized spacial score (nSPS) is 10.1. The third-order valence-corrected chi connectivity index (χ3v) is 2.30. The van der Waals surface area contributed by atoms with Gasteiger partial charge in [0.2, 0.25) is 0 Å². The first kappa shape index (κ1) is 13.1. The molecule has 90 valence electrons. The summed E-state index contributed by atoms with van der Waals surface area (Å²) in [6.45, 7) is 0.127. The summed E-state index contributed by atoms with van der Waals surface area (Å²) in [5.74, 6) is -0.330. The maximum atomic E-state index is 12.2. The first-order chi connectivity index (χ1) is 7.99. The highest BCUT2D eigenvalue weighted by atomic mass is 19.3. The Bertz CT molecular complexity index is 478. The number of rotatable bonds is 4. The fraction of sp³-hybridized carbons (Fsp3) is 0.333. The first-order valence-corrected chi connectivity index (χ1v) is 5.02. The first-order valence-electron chi connectivity index (χ1n) is 5.02. The van der Waals surface area contributed by atoms with E-state index in [0.29, 0.717) is 12.0 Å². The number of aryl methyl sites for hydroxylation is 1. The molecule has 0 atom stereocenters. The van der Waals surface area contributed by atoms with Crippen LogP contribution in [0.2, 0.25) is 0 Å². The molecule has 0 aliphatic rings. The third-order valence-electron chi connectivity index (χ3n) is 2.30. The van der Waals surface area contributed by atoms with Crippen molar-refractivity contribution >= 4 is 5.78 Å². The van der Waals surface area contributed by atoms with E-state index in [1.54, 1.807) is 13.0 Å². The smallest absolute Gasteiger partial charge is 0.387 e. The van der Waals surface area contributed by atoms with Crippen molar-refractivity contribution in [1.82, 2.24) is 0 Å². The van der Waals surface area contributed by atoms with Gasteiger partial charge in [-0.15, -0.1) is 0 Å². The molecule has 0 unspecified atom stereocenters. The lowest BCUT2D eigenvalue weighted by molar-refractivity contribution is -0.0504. The fourth-order valence-electron chi connectivity index (χ4n) is 1.49. The van der Waals surface area contributed by atoms with Crippen LogP contribution in [-0.2, 0) is 6.42 Å². The van der Waals surface area contributed by atoms with Gasteiger partial charge < -0.3 is 4.74 Å². The van der Waals surface area contributed by atoms with Gasteiger partial charge in [-0.1, -0.05) is 6.92 Å². The Morgan fingerprint density at radius 1 is 1.53 bits per heavy atom.